The average molecular weight is 451 g/mol. The van der Waals surface area contributed by atoms with Crippen molar-refractivity contribution in [2.24, 2.45) is 0 Å². The van der Waals surface area contributed by atoms with Crippen LogP contribution in [0.1, 0.15) is 83.2 Å². The maximum Gasteiger partial charge on any atom is 0.166 e. The van der Waals surface area contributed by atoms with Crippen LogP contribution in [0.5, 0.6) is 11.5 Å². The quantitative estimate of drug-likeness (QED) is 0.280. The fourth-order valence-corrected chi connectivity index (χ4v) is 3.99. The third-order valence-electron chi connectivity index (χ3n) is 5.19. The molecule has 2 aromatic rings. The Bertz CT molecular complexity index is 846. The summed E-state index contributed by atoms with van der Waals surface area (Å²) < 4.78 is 0. The monoisotopic (exact) mass is 450 g/mol. The number of halogens is 2. The van der Waals surface area contributed by atoms with E-state index in [2.05, 4.69) is 0 Å². The summed E-state index contributed by atoms with van der Waals surface area (Å²) in [5, 5.41) is 21.0. The van der Waals surface area contributed by atoms with Gasteiger partial charge in [-0.2, -0.15) is 0 Å². The lowest BCUT2D eigenvalue weighted by Gasteiger charge is -2.08. The highest BCUT2D eigenvalue weighted by atomic mass is 35.5. The van der Waals surface area contributed by atoms with Gasteiger partial charge >= 0.3 is 0 Å². The van der Waals surface area contributed by atoms with Crippen LogP contribution in [0.3, 0.4) is 0 Å². The highest BCUT2D eigenvalue weighted by Gasteiger charge is 2.15. The second-order valence-corrected chi connectivity index (χ2v) is 8.58. The van der Waals surface area contributed by atoms with Crippen molar-refractivity contribution in [1.82, 2.24) is 0 Å². The van der Waals surface area contributed by atoms with Crippen molar-refractivity contribution in [3.63, 3.8) is 0 Å². The number of ketones is 2. The van der Waals surface area contributed by atoms with E-state index in [0.717, 1.165) is 38.5 Å². The zero-order valence-electron chi connectivity index (χ0n) is 17.4. The first kappa shape index (κ1) is 24.2. The van der Waals surface area contributed by atoms with E-state index in [1.165, 1.54) is 12.1 Å². The van der Waals surface area contributed by atoms with Gasteiger partial charge in [0.05, 0.1) is 11.1 Å². The van der Waals surface area contributed by atoms with Crippen molar-refractivity contribution < 1.29 is 19.8 Å². The summed E-state index contributed by atoms with van der Waals surface area (Å²) in [5.41, 5.74) is 1.78. The number of phenols is 2. The Morgan fingerprint density at radius 2 is 1.00 bits per heavy atom. The van der Waals surface area contributed by atoms with Crippen molar-refractivity contribution in [3.05, 3.63) is 56.6 Å². The van der Waals surface area contributed by atoms with Crippen LogP contribution in [0.2, 0.25) is 10.0 Å². The van der Waals surface area contributed by atoms with Crippen LogP contribution in [-0.2, 0) is 0 Å². The molecule has 0 aliphatic carbocycles. The average Bonchev–Trinajstić information content (AvgIpc) is 2.69. The molecule has 2 rings (SSSR count). The number of carbonyl (C=O) groups is 2. The third-order valence-corrected chi connectivity index (χ3v) is 5.63. The van der Waals surface area contributed by atoms with E-state index in [0.29, 0.717) is 34.0 Å². The summed E-state index contributed by atoms with van der Waals surface area (Å²) in [6.07, 6.45) is 6.02. The number of Topliss-reactive ketones (excluding diaryl/α,β-unsaturated/α-hetero) is 2. The summed E-state index contributed by atoms with van der Waals surface area (Å²) in [4.78, 5) is 24.6. The first-order chi connectivity index (χ1) is 14.2. The van der Waals surface area contributed by atoms with E-state index in [-0.39, 0.29) is 34.2 Å². The number of unbranched alkanes of at least 4 members (excludes halogenated alkanes) is 5. The molecule has 0 heterocycles. The minimum absolute atomic E-state index is 0.00926. The highest BCUT2D eigenvalue weighted by molar-refractivity contribution is 6.31. The summed E-state index contributed by atoms with van der Waals surface area (Å²) in [6, 6.07) is 6.30. The van der Waals surface area contributed by atoms with Crippen molar-refractivity contribution >= 4 is 34.8 Å². The zero-order valence-corrected chi connectivity index (χ0v) is 18.9. The lowest BCUT2D eigenvalue weighted by molar-refractivity contribution is 0.0966. The van der Waals surface area contributed by atoms with Crippen LogP contribution in [-0.4, -0.2) is 21.8 Å². The molecule has 0 atom stereocenters. The molecule has 6 heteroatoms. The second kappa shape index (κ2) is 11.4. The van der Waals surface area contributed by atoms with Gasteiger partial charge in [-0.15, -0.1) is 0 Å². The molecule has 4 nitrogen and oxygen atoms in total. The number of aryl methyl sites for hydroxylation is 2. The Kier molecular flexibility index (Phi) is 9.19. The largest absolute Gasteiger partial charge is 0.507 e. The van der Waals surface area contributed by atoms with E-state index < -0.39 is 0 Å². The van der Waals surface area contributed by atoms with Gasteiger partial charge in [0.2, 0.25) is 0 Å². The van der Waals surface area contributed by atoms with Crippen molar-refractivity contribution in [2.45, 2.75) is 65.2 Å². The van der Waals surface area contributed by atoms with Gasteiger partial charge < -0.3 is 10.2 Å². The molecule has 0 saturated carbocycles. The molecular formula is C24H28Cl2O4. The Morgan fingerprint density at radius 3 is 1.37 bits per heavy atom. The number of carbonyl (C=O) groups excluding carboxylic acids is 2. The summed E-state index contributed by atoms with van der Waals surface area (Å²) in [6.45, 7) is 3.44. The summed E-state index contributed by atoms with van der Waals surface area (Å²) >= 11 is 12.0. The first-order valence-electron chi connectivity index (χ1n) is 10.2. The van der Waals surface area contributed by atoms with Gasteiger partial charge in [0, 0.05) is 22.9 Å². The lowest BCUT2D eigenvalue weighted by atomic mass is 9.99. The van der Waals surface area contributed by atoms with Crippen LogP contribution in [0.25, 0.3) is 0 Å². The third kappa shape index (κ3) is 6.75. The van der Waals surface area contributed by atoms with Crippen LogP contribution >= 0.6 is 23.2 Å². The molecule has 0 aromatic heterocycles. The van der Waals surface area contributed by atoms with E-state index in [4.69, 9.17) is 23.2 Å². The molecule has 0 fully saturated rings. The molecule has 2 N–H and O–H groups in total. The molecule has 0 bridgehead atoms. The predicted octanol–water partition coefficient (Wildman–Crippen LogP) is 7.21. The maximum absolute atomic E-state index is 12.3. The SMILES string of the molecule is Cc1cc(Cl)cc(C(=O)CCCCCCCCC(=O)c2cc(Cl)cc(C)c2O)c1O. The fraction of sp³-hybridized carbons (Fsp3) is 0.417. The molecule has 2 aromatic carbocycles. The Morgan fingerprint density at radius 1 is 0.667 bits per heavy atom. The van der Waals surface area contributed by atoms with Gasteiger partial charge in [-0.3, -0.25) is 9.59 Å². The molecule has 162 valence electrons. The molecule has 0 radical (unpaired) electrons. The smallest absolute Gasteiger partial charge is 0.166 e. The van der Waals surface area contributed by atoms with Crippen LogP contribution in [0, 0.1) is 13.8 Å². The summed E-state index contributed by atoms with van der Waals surface area (Å²) in [7, 11) is 0. The molecule has 0 saturated heterocycles. The highest BCUT2D eigenvalue weighted by Crippen LogP contribution is 2.29. The van der Waals surface area contributed by atoms with Crippen molar-refractivity contribution in [2.75, 3.05) is 0 Å². The standard InChI is InChI=1S/C24H28Cl2O4/c1-15-11-17(25)13-19(23(15)29)21(27)9-7-5-3-4-6-8-10-22(28)20-14-18(26)12-16(2)24(20)30/h11-14,29-30H,3-10H2,1-2H3. The fourth-order valence-electron chi connectivity index (χ4n) is 3.44. The first-order valence-corrected chi connectivity index (χ1v) is 11.0. The number of phenolic OH excluding ortho intramolecular Hbond substituents is 2. The van der Waals surface area contributed by atoms with Crippen molar-refractivity contribution in [3.8, 4) is 11.5 Å². The number of hydrogen-bond acceptors (Lipinski definition) is 4. The molecule has 0 unspecified atom stereocenters. The summed E-state index contributed by atoms with van der Waals surface area (Å²) in [5.74, 6) is -0.175. The minimum atomic E-state index is -0.0969. The van der Waals surface area contributed by atoms with E-state index in [1.807, 2.05) is 0 Å². The topological polar surface area (TPSA) is 74.6 Å². The van der Waals surface area contributed by atoms with Gasteiger partial charge in [-0.25, -0.2) is 0 Å². The Balaban J connectivity index is 1.65. The van der Waals surface area contributed by atoms with Gasteiger partial charge in [0.1, 0.15) is 11.5 Å². The van der Waals surface area contributed by atoms with Crippen LogP contribution < -0.4 is 0 Å². The van der Waals surface area contributed by atoms with Crippen LogP contribution in [0.15, 0.2) is 24.3 Å². The molecule has 0 aliphatic rings. The van der Waals surface area contributed by atoms with Gasteiger partial charge in [-0.05, 0) is 62.1 Å². The minimum Gasteiger partial charge on any atom is -0.507 e. The molecular weight excluding hydrogens is 423 g/mol. The predicted molar refractivity (Wildman–Crippen MR) is 121 cm³/mol. The molecule has 0 amide bonds. The Labute approximate surface area is 187 Å². The Hall–Kier alpha value is -2.04. The number of benzene rings is 2. The molecule has 0 aliphatic heterocycles. The number of rotatable bonds is 11. The van der Waals surface area contributed by atoms with Crippen molar-refractivity contribution in [1.29, 1.82) is 0 Å². The van der Waals surface area contributed by atoms with E-state index in [1.54, 1.807) is 26.0 Å². The van der Waals surface area contributed by atoms with Gasteiger partial charge in [0.15, 0.2) is 11.6 Å². The molecule has 0 spiro atoms. The van der Waals surface area contributed by atoms with Crippen LogP contribution in [0.4, 0.5) is 0 Å². The van der Waals surface area contributed by atoms with E-state index in [9.17, 15) is 19.8 Å². The van der Waals surface area contributed by atoms with Gasteiger partial charge in [0.25, 0.3) is 0 Å². The normalized spacial score (nSPS) is 10.9. The number of hydrogen-bond donors (Lipinski definition) is 2. The van der Waals surface area contributed by atoms with Gasteiger partial charge in [-0.1, -0.05) is 48.9 Å². The number of aromatic hydroxyl groups is 2. The second-order valence-electron chi connectivity index (χ2n) is 7.71. The van der Waals surface area contributed by atoms with E-state index >= 15 is 0 Å². The zero-order chi connectivity index (χ0) is 22.3. The lowest BCUT2D eigenvalue weighted by Crippen LogP contribution is -2.01. The maximum atomic E-state index is 12.3. The molecule has 30 heavy (non-hydrogen) atoms.